The normalized spacial score (nSPS) is 24.7. The summed E-state index contributed by atoms with van der Waals surface area (Å²) in [6.45, 7) is 5.67. The number of amides is 2. The predicted octanol–water partition coefficient (Wildman–Crippen LogP) is 2.43. The summed E-state index contributed by atoms with van der Waals surface area (Å²) < 4.78 is 28.6. The van der Waals surface area contributed by atoms with Crippen LogP contribution in [0, 0.1) is 11.8 Å². The molecule has 0 atom stereocenters. The molecule has 3 N–H and O–H groups in total. The fourth-order valence-electron chi connectivity index (χ4n) is 6.39. The van der Waals surface area contributed by atoms with Gasteiger partial charge in [0.1, 0.15) is 0 Å². The summed E-state index contributed by atoms with van der Waals surface area (Å²) in [6.07, 6.45) is 11.9. The van der Waals surface area contributed by atoms with Gasteiger partial charge in [0.25, 0.3) is 0 Å². The number of fused-ring (bicyclic) bond motifs is 2. The lowest BCUT2D eigenvalue weighted by Gasteiger charge is -2.47. The average Bonchev–Trinajstić information content (AvgIpc) is 3.32. The van der Waals surface area contributed by atoms with Crippen LogP contribution in [0.2, 0.25) is 0 Å². The third-order valence-electron chi connectivity index (χ3n) is 9.14. The van der Waals surface area contributed by atoms with Crippen LogP contribution in [0.15, 0.2) is 6.07 Å². The molecule has 1 aromatic rings. The molecule has 35 heavy (non-hydrogen) atoms. The molecule has 0 unspecified atom stereocenters. The molecule has 6 aliphatic rings. The lowest BCUT2D eigenvalue weighted by Crippen LogP contribution is -2.65. The van der Waals surface area contributed by atoms with Crippen LogP contribution in [0.3, 0.4) is 0 Å². The minimum atomic E-state index is -3.78. The number of hydrogen-bond acceptors (Lipinski definition) is 5. The Balaban J connectivity index is 0.000000240. The van der Waals surface area contributed by atoms with E-state index in [1.54, 1.807) is 0 Å². The van der Waals surface area contributed by atoms with E-state index in [0.29, 0.717) is 19.1 Å². The number of benzene rings is 1. The summed E-state index contributed by atoms with van der Waals surface area (Å²) in [5.41, 5.74) is 5.89. The van der Waals surface area contributed by atoms with E-state index in [2.05, 4.69) is 26.3 Å². The van der Waals surface area contributed by atoms with Gasteiger partial charge in [-0.05, 0) is 105 Å². The van der Waals surface area contributed by atoms with Gasteiger partial charge in [-0.25, -0.2) is 9.52 Å². The lowest BCUT2D eigenvalue weighted by atomic mass is 9.73. The number of urea groups is 1. The van der Waals surface area contributed by atoms with Gasteiger partial charge in [0.05, 0.1) is 0 Å². The molecule has 3 saturated heterocycles. The van der Waals surface area contributed by atoms with Gasteiger partial charge < -0.3 is 10.6 Å². The Morgan fingerprint density at radius 3 is 2.00 bits per heavy atom. The van der Waals surface area contributed by atoms with E-state index in [9.17, 15) is 13.2 Å². The molecule has 0 bridgehead atoms. The van der Waals surface area contributed by atoms with Crippen molar-refractivity contribution < 1.29 is 13.2 Å². The fraction of sp³-hybridized carbons (Fsp3) is 0.731. The van der Waals surface area contributed by atoms with E-state index in [1.165, 1.54) is 65.3 Å². The van der Waals surface area contributed by atoms with Crippen LogP contribution >= 0.6 is 0 Å². The van der Waals surface area contributed by atoms with Crippen molar-refractivity contribution in [3.05, 3.63) is 28.3 Å². The standard InChI is InChI=1S/C19H26N4O3S.C7H13N/c24-19(21-27(25,26)23-11-15(12-23)22-8-3-9-22)20-18-16-6-1-4-13(16)10-14-5-2-7-17(14)18;1-2-6(3-1)7-4-8-5-7/h10,15H,1-9,11-12H2,(H2,20,21,24);6-8H,1-5H2. The van der Waals surface area contributed by atoms with Crippen LogP contribution in [0.5, 0.6) is 0 Å². The summed E-state index contributed by atoms with van der Waals surface area (Å²) >= 11 is 0. The number of likely N-dealkylation sites (tertiary alicyclic amines) is 1. The number of nitrogens with zero attached hydrogens (tertiary/aromatic N) is 2. The van der Waals surface area contributed by atoms with Crippen molar-refractivity contribution in [3.8, 4) is 0 Å². The predicted molar refractivity (Wildman–Crippen MR) is 137 cm³/mol. The highest BCUT2D eigenvalue weighted by atomic mass is 32.2. The van der Waals surface area contributed by atoms with E-state index in [-0.39, 0.29) is 0 Å². The van der Waals surface area contributed by atoms with Gasteiger partial charge in [0.2, 0.25) is 0 Å². The molecular formula is C26H39N5O3S. The van der Waals surface area contributed by atoms with Crippen molar-refractivity contribution in [2.75, 3.05) is 44.6 Å². The molecule has 1 saturated carbocycles. The number of carbonyl (C=O) groups is 1. The van der Waals surface area contributed by atoms with E-state index < -0.39 is 16.2 Å². The summed E-state index contributed by atoms with van der Waals surface area (Å²) in [4.78, 5) is 14.8. The SMILES string of the molecule is C1CC(C2CNC2)C1.O=C(Nc1c2c(cc3c1CCC3)CCC2)NS(=O)(=O)N1CC(N2CCC2)C1. The molecule has 0 spiro atoms. The summed E-state index contributed by atoms with van der Waals surface area (Å²) in [5, 5.41) is 6.20. The molecule has 1 aromatic carbocycles. The number of rotatable bonds is 5. The smallest absolute Gasteiger partial charge is 0.316 e. The minimum Gasteiger partial charge on any atom is -0.316 e. The number of hydrogen-bond donors (Lipinski definition) is 3. The Hall–Kier alpha value is -1.68. The van der Waals surface area contributed by atoms with Crippen molar-refractivity contribution in [1.82, 2.24) is 19.2 Å². The number of aryl methyl sites for hydroxylation is 2. The highest BCUT2D eigenvalue weighted by molar-refractivity contribution is 7.87. The van der Waals surface area contributed by atoms with Gasteiger partial charge in [0, 0.05) is 24.8 Å². The second-order valence-corrected chi connectivity index (χ2v) is 12.9. The molecule has 3 heterocycles. The van der Waals surface area contributed by atoms with Crippen LogP contribution in [-0.4, -0.2) is 69.0 Å². The van der Waals surface area contributed by atoms with Crippen molar-refractivity contribution in [2.45, 2.75) is 70.3 Å². The zero-order valence-corrected chi connectivity index (χ0v) is 21.5. The van der Waals surface area contributed by atoms with Gasteiger partial charge in [-0.1, -0.05) is 25.3 Å². The van der Waals surface area contributed by atoms with E-state index in [1.807, 2.05) is 0 Å². The molecule has 3 aliphatic heterocycles. The molecular weight excluding hydrogens is 462 g/mol. The Morgan fingerprint density at radius 1 is 0.886 bits per heavy atom. The molecule has 192 valence electrons. The van der Waals surface area contributed by atoms with Gasteiger partial charge in [-0.15, -0.1) is 0 Å². The maximum Gasteiger partial charge on any atom is 0.333 e. The quantitative estimate of drug-likeness (QED) is 0.576. The molecule has 4 fully saturated rings. The first-order chi connectivity index (χ1) is 17.0. The van der Waals surface area contributed by atoms with Gasteiger partial charge >= 0.3 is 16.2 Å². The van der Waals surface area contributed by atoms with Crippen LogP contribution < -0.4 is 15.4 Å². The summed E-state index contributed by atoms with van der Waals surface area (Å²) in [5.74, 6) is 2.19. The maximum absolute atomic E-state index is 12.5. The van der Waals surface area contributed by atoms with Crippen LogP contribution in [-0.2, 0) is 35.9 Å². The largest absolute Gasteiger partial charge is 0.333 e. The van der Waals surface area contributed by atoms with E-state index >= 15 is 0 Å². The minimum absolute atomic E-state index is 0.305. The van der Waals surface area contributed by atoms with Crippen LogP contribution in [0.25, 0.3) is 0 Å². The molecule has 0 radical (unpaired) electrons. The molecule has 8 nitrogen and oxygen atoms in total. The first-order valence-electron chi connectivity index (χ1n) is 13.7. The fourth-order valence-corrected chi connectivity index (χ4v) is 7.54. The van der Waals surface area contributed by atoms with Crippen LogP contribution in [0.4, 0.5) is 10.5 Å². The number of carbonyl (C=O) groups excluding carboxylic acids is 1. The second kappa shape index (κ2) is 9.65. The summed E-state index contributed by atoms with van der Waals surface area (Å²) in [7, 11) is -3.78. The van der Waals surface area contributed by atoms with Crippen molar-refractivity contribution in [2.24, 2.45) is 11.8 Å². The van der Waals surface area contributed by atoms with Gasteiger partial charge in [0.15, 0.2) is 0 Å². The molecule has 9 heteroatoms. The average molecular weight is 502 g/mol. The Bertz CT molecular complexity index is 1030. The van der Waals surface area contributed by atoms with Crippen molar-refractivity contribution >= 4 is 21.9 Å². The maximum atomic E-state index is 12.5. The molecule has 2 amide bonds. The third-order valence-corrected chi connectivity index (χ3v) is 10.6. The Labute approximate surface area is 209 Å². The first-order valence-corrected chi connectivity index (χ1v) is 15.1. The summed E-state index contributed by atoms with van der Waals surface area (Å²) in [6, 6.07) is 1.95. The second-order valence-electron chi connectivity index (χ2n) is 11.3. The molecule has 7 rings (SSSR count). The Kier molecular flexibility index (Phi) is 6.53. The third kappa shape index (κ3) is 4.72. The monoisotopic (exact) mass is 501 g/mol. The Morgan fingerprint density at radius 2 is 1.54 bits per heavy atom. The van der Waals surface area contributed by atoms with Gasteiger partial charge in [-0.3, -0.25) is 4.90 Å². The molecule has 3 aliphatic carbocycles. The first kappa shape index (κ1) is 23.7. The number of anilines is 1. The topological polar surface area (TPSA) is 93.8 Å². The zero-order chi connectivity index (χ0) is 24.0. The van der Waals surface area contributed by atoms with E-state index in [0.717, 1.165) is 69.1 Å². The number of nitrogens with one attached hydrogen (secondary N) is 3. The van der Waals surface area contributed by atoms with E-state index in [4.69, 9.17) is 0 Å². The lowest BCUT2D eigenvalue weighted by molar-refractivity contribution is 0.0405. The highest BCUT2D eigenvalue weighted by Crippen LogP contribution is 2.38. The van der Waals surface area contributed by atoms with Crippen LogP contribution in [0.1, 0.15) is 60.8 Å². The highest BCUT2D eigenvalue weighted by Gasteiger charge is 2.41. The molecule has 0 aromatic heterocycles. The van der Waals surface area contributed by atoms with Gasteiger partial charge in [-0.2, -0.15) is 12.7 Å². The van der Waals surface area contributed by atoms with Crippen molar-refractivity contribution in [3.63, 3.8) is 0 Å². The zero-order valence-electron chi connectivity index (χ0n) is 20.7. The van der Waals surface area contributed by atoms with Crippen molar-refractivity contribution in [1.29, 1.82) is 0 Å².